The molecule has 3 rings (SSSR count). The summed E-state index contributed by atoms with van der Waals surface area (Å²) in [6.07, 6.45) is 5.19. The molecule has 2 aromatic carbocycles. The van der Waals surface area contributed by atoms with Gasteiger partial charge in [0.15, 0.2) is 0 Å². The molecule has 1 saturated carbocycles. The van der Waals surface area contributed by atoms with Crippen molar-refractivity contribution in [2.75, 3.05) is 5.32 Å². The Morgan fingerprint density at radius 1 is 0.958 bits per heavy atom. The molecule has 1 fully saturated rings. The minimum absolute atomic E-state index is 0.0267. The largest absolute Gasteiger partial charge is 0.392 e. The lowest BCUT2D eigenvalue weighted by atomic mass is 9.77. The number of nitrogens with one attached hydrogen (secondary N) is 1. The molecule has 2 N–H and O–H groups in total. The zero-order valence-electron chi connectivity index (χ0n) is 13.9. The van der Waals surface area contributed by atoms with E-state index < -0.39 is 0 Å². The van der Waals surface area contributed by atoms with Gasteiger partial charge < -0.3 is 10.4 Å². The number of benzene rings is 2. The van der Waals surface area contributed by atoms with Gasteiger partial charge in [-0.15, -0.1) is 0 Å². The Balaban J connectivity index is 1.46. The zero-order chi connectivity index (χ0) is 16.8. The van der Waals surface area contributed by atoms with Gasteiger partial charge in [-0.05, 0) is 60.8 Å². The third-order valence-electron chi connectivity index (χ3n) is 5.01. The number of anilines is 1. The number of aliphatic hydroxyl groups excluding tert-OH is 1. The molecule has 0 bridgehead atoms. The average Bonchev–Trinajstić information content (AvgIpc) is 2.64. The lowest BCUT2D eigenvalue weighted by Crippen LogP contribution is -2.20. The van der Waals surface area contributed by atoms with Gasteiger partial charge in [0.2, 0.25) is 5.91 Å². The van der Waals surface area contributed by atoms with E-state index in [2.05, 4.69) is 35.6 Å². The van der Waals surface area contributed by atoms with Crippen LogP contribution >= 0.6 is 0 Å². The average molecular weight is 323 g/mol. The van der Waals surface area contributed by atoms with E-state index in [4.69, 9.17) is 5.11 Å². The van der Waals surface area contributed by atoms with Crippen molar-refractivity contribution < 1.29 is 9.90 Å². The first-order chi connectivity index (χ1) is 11.7. The second-order valence-electron chi connectivity index (χ2n) is 6.74. The van der Waals surface area contributed by atoms with Crippen molar-refractivity contribution in [2.45, 2.75) is 44.6 Å². The molecule has 0 aromatic heterocycles. The topological polar surface area (TPSA) is 49.3 Å². The van der Waals surface area contributed by atoms with Crippen LogP contribution in [0.3, 0.4) is 0 Å². The minimum atomic E-state index is 0.0267. The smallest absolute Gasteiger partial charge is 0.224 e. The van der Waals surface area contributed by atoms with Gasteiger partial charge in [0.25, 0.3) is 0 Å². The van der Waals surface area contributed by atoms with Gasteiger partial charge in [0.05, 0.1) is 6.61 Å². The number of rotatable bonds is 5. The molecule has 1 aliphatic rings. The van der Waals surface area contributed by atoms with Gasteiger partial charge in [-0.2, -0.15) is 0 Å². The fourth-order valence-corrected chi connectivity index (χ4v) is 3.59. The molecule has 0 unspecified atom stereocenters. The summed E-state index contributed by atoms with van der Waals surface area (Å²) < 4.78 is 0. The summed E-state index contributed by atoms with van der Waals surface area (Å²) in [6, 6.07) is 18.1. The monoisotopic (exact) mass is 323 g/mol. The fraction of sp³-hybridized carbons (Fsp3) is 0.381. The van der Waals surface area contributed by atoms with E-state index in [9.17, 15) is 4.79 Å². The standard InChI is InChI=1S/C21H25NO2/c23-15-17-8-12-20(13-9-17)22-21(24)14-16-6-10-19(11-7-16)18-4-2-1-3-5-18/h1-5,8-9,12-13,16,19,23H,6-7,10-11,14-15H2,(H,22,24)/t16-,19+. The van der Waals surface area contributed by atoms with Crippen molar-refractivity contribution in [2.24, 2.45) is 5.92 Å². The number of amides is 1. The second kappa shape index (κ2) is 8.11. The molecule has 1 amide bonds. The molecule has 2 aromatic rings. The maximum Gasteiger partial charge on any atom is 0.224 e. The lowest BCUT2D eigenvalue weighted by Gasteiger charge is -2.28. The van der Waals surface area contributed by atoms with Crippen LogP contribution < -0.4 is 5.32 Å². The van der Waals surface area contributed by atoms with Gasteiger partial charge in [0.1, 0.15) is 0 Å². The van der Waals surface area contributed by atoms with Gasteiger partial charge in [-0.1, -0.05) is 42.5 Å². The first kappa shape index (κ1) is 16.7. The highest BCUT2D eigenvalue weighted by Crippen LogP contribution is 2.37. The van der Waals surface area contributed by atoms with E-state index in [0.717, 1.165) is 24.1 Å². The van der Waals surface area contributed by atoms with Gasteiger partial charge in [-0.25, -0.2) is 0 Å². The predicted octanol–water partition coefficient (Wildman–Crippen LogP) is 4.48. The quantitative estimate of drug-likeness (QED) is 0.852. The summed E-state index contributed by atoms with van der Waals surface area (Å²) in [7, 11) is 0. The number of carbonyl (C=O) groups excluding carboxylic acids is 1. The lowest BCUT2D eigenvalue weighted by molar-refractivity contribution is -0.117. The normalized spacial score (nSPS) is 20.5. The molecular formula is C21H25NO2. The van der Waals surface area contributed by atoms with Crippen molar-refractivity contribution in [1.29, 1.82) is 0 Å². The number of hydrogen-bond acceptors (Lipinski definition) is 2. The third-order valence-corrected chi connectivity index (χ3v) is 5.01. The Kier molecular flexibility index (Phi) is 5.65. The Morgan fingerprint density at radius 3 is 2.25 bits per heavy atom. The maximum absolute atomic E-state index is 12.2. The van der Waals surface area contributed by atoms with Crippen molar-refractivity contribution in [3.8, 4) is 0 Å². The van der Waals surface area contributed by atoms with E-state index in [1.165, 1.54) is 18.4 Å². The van der Waals surface area contributed by atoms with Crippen LogP contribution in [0.1, 0.15) is 49.1 Å². The summed E-state index contributed by atoms with van der Waals surface area (Å²) in [5, 5.41) is 12.0. The van der Waals surface area contributed by atoms with Crippen LogP contribution in [0.5, 0.6) is 0 Å². The summed E-state index contributed by atoms with van der Waals surface area (Å²) in [4.78, 5) is 12.2. The van der Waals surface area contributed by atoms with E-state index in [1.54, 1.807) is 0 Å². The van der Waals surface area contributed by atoms with Crippen LogP contribution in [0.2, 0.25) is 0 Å². The third kappa shape index (κ3) is 4.45. The van der Waals surface area contributed by atoms with E-state index >= 15 is 0 Å². The van der Waals surface area contributed by atoms with Crippen molar-refractivity contribution in [3.05, 3.63) is 65.7 Å². The number of carbonyl (C=O) groups is 1. The van der Waals surface area contributed by atoms with Crippen LogP contribution in [0.25, 0.3) is 0 Å². The Bertz CT molecular complexity index is 643. The van der Waals surface area contributed by atoms with Crippen LogP contribution in [0.15, 0.2) is 54.6 Å². The van der Waals surface area contributed by atoms with Gasteiger partial charge >= 0.3 is 0 Å². The van der Waals surface area contributed by atoms with Crippen LogP contribution in [0, 0.1) is 5.92 Å². The van der Waals surface area contributed by atoms with E-state index in [0.29, 0.717) is 18.3 Å². The molecule has 0 radical (unpaired) electrons. The summed E-state index contributed by atoms with van der Waals surface area (Å²) in [5.41, 5.74) is 3.09. The molecule has 24 heavy (non-hydrogen) atoms. The summed E-state index contributed by atoms with van der Waals surface area (Å²) in [6.45, 7) is 0.0267. The zero-order valence-corrected chi connectivity index (χ0v) is 13.9. The molecular weight excluding hydrogens is 298 g/mol. The number of aliphatic hydroxyl groups is 1. The minimum Gasteiger partial charge on any atom is -0.392 e. The van der Waals surface area contributed by atoms with Crippen molar-refractivity contribution in [3.63, 3.8) is 0 Å². The first-order valence-corrected chi connectivity index (χ1v) is 8.79. The Morgan fingerprint density at radius 2 is 1.62 bits per heavy atom. The van der Waals surface area contributed by atoms with Crippen molar-refractivity contribution >= 4 is 11.6 Å². The van der Waals surface area contributed by atoms with Crippen LogP contribution in [0.4, 0.5) is 5.69 Å². The fourth-order valence-electron chi connectivity index (χ4n) is 3.59. The molecule has 0 atom stereocenters. The van der Waals surface area contributed by atoms with Crippen LogP contribution in [-0.4, -0.2) is 11.0 Å². The summed E-state index contributed by atoms with van der Waals surface area (Å²) in [5.74, 6) is 1.23. The molecule has 1 aliphatic carbocycles. The SMILES string of the molecule is O=C(C[C@H]1CC[C@@H](c2ccccc2)CC1)Nc1ccc(CO)cc1. The summed E-state index contributed by atoms with van der Waals surface area (Å²) >= 11 is 0. The van der Waals surface area contributed by atoms with Gasteiger partial charge in [-0.3, -0.25) is 4.79 Å². The Labute approximate surface area is 143 Å². The second-order valence-corrected chi connectivity index (χ2v) is 6.74. The van der Waals surface area contributed by atoms with Crippen molar-refractivity contribution in [1.82, 2.24) is 0 Å². The highest BCUT2D eigenvalue weighted by atomic mass is 16.3. The number of hydrogen-bond donors (Lipinski definition) is 2. The molecule has 0 spiro atoms. The molecule has 126 valence electrons. The maximum atomic E-state index is 12.2. The Hall–Kier alpha value is -2.13. The highest BCUT2D eigenvalue weighted by Gasteiger charge is 2.23. The molecule has 3 heteroatoms. The van der Waals surface area contributed by atoms with E-state index in [1.807, 2.05) is 24.3 Å². The predicted molar refractivity (Wildman–Crippen MR) is 96.8 cm³/mol. The molecule has 0 heterocycles. The molecule has 0 aliphatic heterocycles. The highest BCUT2D eigenvalue weighted by molar-refractivity contribution is 5.90. The van der Waals surface area contributed by atoms with E-state index in [-0.39, 0.29) is 12.5 Å². The molecule has 0 saturated heterocycles. The molecule has 3 nitrogen and oxygen atoms in total. The first-order valence-electron chi connectivity index (χ1n) is 8.79. The van der Waals surface area contributed by atoms with Crippen LogP contribution in [-0.2, 0) is 11.4 Å². The van der Waals surface area contributed by atoms with Gasteiger partial charge in [0, 0.05) is 12.1 Å².